The summed E-state index contributed by atoms with van der Waals surface area (Å²) in [5.74, 6) is -0.305. The highest BCUT2D eigenvalue weighted by Gasteiger charge is 2.21. The summed E-state index contributed by atoms with van der Waals surface area (Å²) < 4.78 is 0. The van der Waals surface area contributed by atoms with E-state index in [0.29, 0.717) is 17.7 Å². The summed E-state index contributed by atoms with van der Waals surface area (Å²) in [7, 11) is 0. The number of carbonyl (C=O) groups excluding carboxylic acids is 1. The Morgan fingerprint density at radius 3 is 2.72 bits per heavy atom. The van der Waals surface area contributed by atoms with Crippen LogP contribution in [0.5, 0.6) is 0 Å². The molecule has 0 fully saturated rings. The van der Waals surface area contributed by atoms with Crippen molar-refractivity contribution in [2.45, 2.75) is 32.7 Å². The van der Waals surface area contributed by atoms with E-state index in [9.17, 15) is 4.79 Å². The average Bonchev–Trinajstić information content (AvgIpc) is 2.28. The van der Waals surface area contributed by atoms with Gasteiger partial charge in [-0.3, -0.25) is 4.79 Å². The van der Waals surface area contributed by atoms with Crippen molar-refractivity contribution in [1.82, 2.24) is 10.3 Å². The van der Waals surface area contributed by atoms with E-state index in [1.165, 1.54) is 6.07 Å². The lowest BCUT2D eigenvalue weighted by molar-refractivity contribution is 0.0894. The number of hydrogen-bond donors (Lipinski definition) is 2. The predicted molar refractivity (Wildman–Crippen MR) is 66.9 cm³/mol. The van der Waals surface area contributed by atoms with Gasteiger partial charge in [0.1, 0.15) is 11.8 Å². The summed E-state index contributed by atoms with van der Waals surface area (Å²) in [6, 6.07) is 5.11. The van der Waals surface area contributed by atoms with Gasteiger partial charge in [-0.2, -0.15) is 5.26 Å². The van der Waals surface area contributed by atoms with Crippen molar-refractivity contribution in [3.8, 4) is 6.07 Å². The molecule has 1 amide bonds. The summed E-state index contributed by atoms with van der Waals surface area (Å²) >= 11 is 0. The predicted octanol–water partition coefficient (Wildman–Crippen LogP) is 1.15. The number of nitriles is 1. The number of carbonyl (C=O) groups is 1. The van der Waals surface area contributed by atoms with Gasteiger partial charge >= 0.3 is 0 Å². The Hall–Kier alpha value is -1.93. The molecule has 96 valence electrons. The summed E-state index contributed by atoms with van der Waals surface area (Å²) in [5.41, 5.74) is 0.777. The average molecular weight is 247 g/mol. The molecule has 2 N–H and O–H groups in total. The SMILES string of the molecule is Cc1nc(C(=O)NC(C)(C)CCO)ccc1C#N. The topological polar surface area (TPSA) is 86.0 Å². The molecule has 0 radical (unpaired) electrons. The zero-order valence-electron chi connectivity index (χ0n) is 10.8. The highest BCUT2D eigenvalue weighted by atomic mass is 16.3. The maximum absolute atomic E-state index is 11.9. The number of hydrogen-bond acceptors (Lipinski definition) is 4. The molecule has 0 unspecified atom stereocenters. The normalized spacial score (nSPS) is 10.8. The van der Waals surface area contributed by atoms with Crippen LogP contribution >= 0.6 is 0 Å². The van der Waals surface area contributed by atoms with E-state index in [0.717, 1.165) is 0 Å². The Labute approximate surface area is 106 Å². The van der Waals surface area contributed by atoms with Crippen LogP contribution in [0.3, 0.4) is 0 Å². The van der Waals surface area contributed by atoms with Gasteiger partial charge in [-0.25, -0.2) is 4.98 Å². The van der Waals surface area contributed by atoms with Crippen LogP contribution in [0.4, 0.5) is 0 Å². The van der Waals surface area contributed by atoms with E-state index in [-0.39, 0.29) is 18.2 Å². The fraction of sp³-hybridized carbons (Fsp3) is 0.462. The van der Waals surface area contributed by atoms with E-state index in [1.54, 1.807) is 13.0 Å². The number of aryl methyl sites for hydroxylation is 1. The third kappa shape index (κ3) is 3.54. The molecule has 0 spiro atoms. The molecule has 1 rings (SSSR count). The molecule has 5 heteroatoms. The van der Waals surface area contributed by atoms with E-state index in [2.05, 4.69) is 10.3 Å². The number of amides is 1. The minimum absolute atomic E-state index is 0.00705. The molecule has 0 saturated heterocycles. The van der Waals surface area contributed by atoms with Crippen molar-refractivity contribution in [2.24, 2.45) is 0 Å². The fourth-order valence-electron chi connectivity index (χ4n) is 1.52. The van der Waals surface area contributed by atoms with Crippen LogP contribution in [0.15, 0.2) is 12.1 Å². The Balaban J connectivity index is 2.86. The van der Waals surface area contributed by atoms with Crippen molar-refractivity contribution in [2.75, 3.05) is 6.61 Å². The van der Waals surface area contributed by atoms with Crippen molar-refractivity contribution in [3.05, 3.63) is 29.1 Å². The molecule has 18 heavy (non-hydrogen) atoms. The molecular weight excluding hydrogens is 230 g/mol. The Morgan fingerprint density at radius 1 is 1.56 bits per heavy atom. The molecule has 1 heterocycles. The van der Waals surface area contributed by atoms with E-state index >= 15 is 0 Å². The van der Waals surface area contributed by atoms with Crippen LogP contribution in [0.25, 0.3) is 0 Å². The Kier molecular flexibility index (Phi) is 4.40. The summed E-state index contributed by atoms with van der Waals surface area (Å²) in [6.45, 7) is 5.36. The van der Waals surface area contributed by atoms with Crippen LogP contribution in [-0.4, -0.2) is 28.1 Å². The largest absolute Gasteiger partial charge is 0.396 e. The Morgan fingerprint density at radius 2 is 2.22 bits per heavy atom. The maximum atomic E-state index is 11.9. The summed E-state index contributed by atoms with van der Waals surface area (Å²) in [6.07, 6.45) is 0.466. The van der Waals surface area contributed by atoms with Gasteiger partial charge in [0.2, 0.25) is 0 Å². The first-order valence-electron chi connectivity index (χ1n) is 5.71. The van der Waals surface area contributed by atoms with Crippen LogP contribution in [0, 0.1) is 18.3 Å². The maximum Gasteiger partial charge on any atom is 0.270 e. The fourth-order valence-corrected chi connectivity index (χ4v) is 1.52. The van der Waals surface area contributed by atoms with Crippen LogP contribution in [0.1, 0.15) is 42.0 Å². The van der Waals surface area contributed by atoms with Gasteiger partial charge in [0.25, 0.3) is 5.91 Å². The minimum Gasteiger partial charge on any atom is -0.396 e. The molecular formula is C13H17N3O2. The summed E-state index contributed by atoms with van der Waals surface area (Å²) in [4.78, 5) is 16.0. The number of pyridine rings is 1. The van der Waals surface area contributed by atoms with Crippen LogP contribution in [0.2, 0.25) is 0 Å². The van der Waals surface area contributed by atoms with E-state index in [4.69, 9.17) is 10.4 Å². The molecule has 0 bridgehead atoms. The zero-order chi connectivity index (χ0) is 13.8. The second kappa shape index (κ2) is 5.61. The zero-order valence-corrected chi connectivity index (χ0v) is 10.8. The smallest absolute Gasteiger partial charge is 0.270 e. The van der Waals surface area contributed by atoms with Crippen molar-refractivity contribution in [3.63, 3.8) is 0 Å². The molecule has 0 saturated carbocycles. The molecule has 1 aromatic heterocycles. The second-order valence-corrected chi connectivity index (χ2v) is 4.75. The van der Waals surface area contributed by atoms with E-state index < -0.39 is 5.54 Å². The first-order chi connectivity index (χ1) is 8.39. The van der Waals surface area contributed by atoms with Gasteiger partial charge in [0.15, 0.2) is 0 Å². The highest BCUT2D eigenvalue weighted by molar-refractivity contribution is 5.92. The lowest BCUT2D eigenvalue weighted by Crippen LogP contribution is -2.44. The monoisotopic (exact) mass is 247 g/mol. The number of nitrogens with zero attached hydrogens (tertiary/aromatic N) is 2. The third-order valence-electron chi connectivity index (χ3n) is 2.63. The van der Waals surface area contributed by atoms with Gasteiger partial charge in [0.05, 0.1) is 11.3 Å². The van der Waals surface area contributed by atoms with Gasteiger partial charge in [0, 0.05) is 12.1 Å². The number of aliphatic hydroxyl groups is 1. The number of aliphatic hydroxyl groups excluding tert-OH is 1. The van der Waals surface area contributed by atoms with Crippen molar-refractivity contribution < 1.29 is 9.90 Å². The van der Waals surface area contributed by atoms with E-state index in [1.807, 2.05) is 19.9 Å². The van der Waals surface area contributed by atoms with Crippen molar-refractivity contribution in [1.29, 1.82) is 5.26 Å². The standard InChI is InChI=1S/C13H17N3O2/c1-9-10(8-14)4-5-11(15-9)12(18)16-13(2,3)6-7-17/h4-5,17H,6-7H2,1-3H3,(H,16,18). The van der Waals surface area contributed by atoms with Gasteiger partial charge in [-0.15, -0.1) is 0 Å². The number of nitrogens with one attached hydrogen (secondary N) is 1. The van der Waals surface area contributed by atoms with Crippen LogP contribution in [-0.2, 0) is 0 Å². The molecule has 0 aromatic carbocycles. The molecule has 0 atom stereocenters. The van der Waals surface area contributed by atoms with Gasteiger partial charge < -0.3 is 10.4 Å². The minimum atomic E-state index is -0.491. The molecule has 0 aliphatic carbocycles. The molecule has 0 aliphatic heterocycles. The van der Waals surface area contributed by atoms with Gasteiger partial charge in [-0.05, 0) is 39.3 Å². The lowest BCUT2D eigenvalue weighted by atomic mass is 10.0. The summed E-state index contributed by atoms with van der Waals surface area (Å²) in [5, 5.41) is 20.5. The number of rotatable bonds is 4. The molecule has 0 aliphatic rings. The number of aromatic nitrogens is 1. The quantitative estimate of drug-likeness (QED) is 0.835. The highest BCUT2D eigenvalue weighted by Crippen LogP contribution is 2.10. The lowest BCUT2D eigenvalue weighted by Gasteiger charge is -2.25. The van der Waals surface area contributed by atoms with Crippen molar-refractivity contribution >= 4 is 5.91 Å². The van der Waals surface area contributed by atoms with Gasteiger partial charge in [-0.1, -0.05) is 0 Å². The first-order valence-corrected chi connectivity index (χ1v) is 5.71. The molecule has 1 aromatic rings. The second-order valence-electron chi connectivity index (χ2n) is 4.75. The Bertz CT molecular complexity index is 489. The third-order valence-corrected chi connectivity index (χ3v) is 2.63. The van der Waals surface area contributed by atoms with Crippen LogP contribution < -0.4 is 5.32 Å². The molecule has 5 nitrogen and oxygen atoms in total. The first kappa shape index (κ1) is 14.1.